The monoisotopic (exact) mass is 441 g/mol. The molecular formula is C28H27NO4. The molecule has 0 saturated carbocycles. The van der Waals surface area contributed by atoms with Crippen molar-refractivity contribution in [3.05, 3.63) is 100 Å². The van der Waals surface area contributed by atoms with Crippen LogP contribution in [-0.2, 0) is 16.0 Å². The molecule has 0 aliphatic carbocycles. The van der Waals surface area contributed by atoms with Crippen molar-refractivity contribution in [1.82, 2.24) is 0 Å². The fraction of sp³-hybridized carbons (Fsp3) is 0.214. The highest BCUT2D eigenvalue weighted by atomic mass is 16.5. The van der Waals surface area contributed by atoms with Gasteiger partial charge in [-0.2, -0.15) is 0 Å². The fourth-order valence-corrected chi connectivity index (χ4v) is 4.22. The maximum atomic E-state index is 13.3. The summed E-state index contributed by atoms with van der Waals surface area (Å²) in [5.74, 6) is -0.868. The Kier molecular flexibility index (Phi) is 6.05. The molecule has 1 amide bonds. The summed E-state index contributed by atoms with van der Waals surface area (Å²) in [6.45, 7) is 5.90. The van der Waals surface area contributed by atoms with Crippen molar-refractivity contribution in [2.45, 2.75) is 33.2 Å². The molecule has 5 nitrogen and oxygen atoms in total. The maximum Gasteiger partial charge on any atom is 0.300 e. The number of carbonyl (C=O) groups is 2. The minimum Gasteiger partial charge on any atom is -0.507 e. The number of aryl methyl sites for hydroxylation is 3. The van der Waals surface area contributed by atoms with Gasteiger partial charge in [0.25, 0.3) is 11.7 Å². The molecule has 1 fully saturated rings. The largest absolute Gasteiger partial charge is 0.507 e. The highest BCUT2D eigenvalue weighted by molar-refractivity contribution is 6.51. The van der Waals surface area contributed by atoms with Crippen LogP contribution in [0.2, 0.25) is 0 Å². The predicted molar refractivity (Wildman–Crippen MR) is 130 cm³/mol. The van der Waals surface area contributed by atoms with E-state index in [9.17, 15) is 14.7 Å². The number of amides is 1. The molecule has 5 heteroatoms. The molecule has 1 saturated heterocycles. The van der Waals surface area contributed by atoms with Gasteiger partial charge < -0.3 is 9.84 Å². The van der Waals surface area contributed by atoms with E-state index in [1.54, 1.807) is 31.4 Å². The second-order valence-corrected chi connectivity index (χ2v) is 8.28. The number of aliphatic hydroxyl groups excluding tert-OH is 1. The fourth-order valence-electron chi connectivity index (χ4n) is 4.22. The number of rotatable bonds is 5. The van der Waals surface area contributed by atoms with Gasteiger partial charge in [0, 0.05) is 11.3 Å². The van der Waals surface area contributed by atoms with Gasteiger partial charge in [0.05, 0.1) is 18.7 Å². The third kappa shape index (κ3) is 4.02. The number of aliphatic hydroxyl groups is 1. The molecule has 3 aromatic carbocycles. The van der Waals surface area contributed by atoms with E-state index in [4.69, 9.17) is 4.74 Å². The molecule has 1 aliphatic rings. The lowest BCUT2D eigenvalue weighted by molar-refractivity contribution is -0.132. The summed E-state index contributed by atoms with van der Waals surface area (Å²) in [5, 5.41) is 11.2. The second kappa shape index (κ2) is 8.94. The van der Waals surface area contributed by atoms with Crippen LogP contribution in [-0.4, -0.2) is 23.9 Å². The number of Topliss-reactive ketones (excluding diaryl/α,β-unsaturated/α-hetero) is 1. The van der Waals surface area contributed by atoms with E-state index in [1.807, 2.05) is 63.2 Å². The average molecular weight is 442 g/mol. The van der Waals surface area contributed by atoms with Crippen LogP contribution in [0.1, 0.15) is 40.8 Å². The molecular weight excluding hydrogens is 414 g/mol. The Morgan fingerprint density at radius 3 is 2.24 bits per heavy atom. The van der Waals surface area contributed by atoms with Gasteiger partial charge in [-0.15, -0.1) is 0 Å². The van der Waals surface area contributed by atoms with Gasteiger partial charge >= 0.3 is 0 Å². The standard InChI is InChI=1S/C28H27NO4/c1-5-19-8-10-21(11-9-19)26(30)24-25(20-12-14-22(33-4)15-13-20)29(28(32)27(24)31)23-16-17(2)6-7-18(23)3/h6-16,25,30H,5H2,1-4H3/b26-24+. The van der Waals surface area contributed by atoms with E-state index in [0.717, 1.165) is 23.1 Å². The van der Waals surface area contributed by atoms with Crippen LogP contribution in [0.3, 0.4) is 0 Å². The first-order chi connectivity index (χ1) is 15.8. The molecule has 4 rings (SSSR count). The number of ether oxygens (including phenoxy) is 1. The highest BCUT2D eigenvalue weighted by Crippen LogP contribution is 2.43. The molecule has 33 heavy (non-hydrogen) atoms. The van der Waals surface area contributed by atoms with E-state index in [0.29, 0.717) is 22.6 Å². The van der Waals surface area contributed by atoms with E-state index in [-0.39, 0.29) is 11.3 Å². The molecule has 168 valence electrons. The van der Waals surface area contributed by atoms with Crippen molar-refractivity contribution in [2.75, 3.05) is 12.0 Å². The molecule has 0 bridgehead atoms. The summed E-state index contributed by atoms with van der Waals surface area (Å²) >= 11 is 0. The Hall–Kier alpha value is -3.86. The molecule has 0 aromatic heterocycles. The Bertz CT molecular complexity index is 1240. The third-order valence-corrected chi connectivity index (χ3v) is 6.14. The molecule has 1 unspecified atom stereocenters. The SMILES string of the molecule is CCc1ccc(/C(O)=C2\C(=O)C(=O)N(c3cc(C)ccc3C)C2c2ccc(OC)cc2)cc1. The summed E-state index contributed by atoms with van der Waals surface area (Å²) in [6.07, 6.45) is 0.865. The zero-order chi connectivity index (χ0) is 23.7. The van der Waals surface area contributed by atoms with Crippen molar-refractivity contribution >= 4 is 23.1 Å². The quantitative estimate of drug-likeness (QED) is 0.322. The van der Waals surface area contributed by atoms with Crippen LogP contribution in [0.25, 0.3) is 5.76 Å². The average Bonchev–Trinajstić information content (AvgIpc) is 3.10. The number of benzene rings is 3. The summed E-state index contributed by atoms with van der Waals surface area (Å²) in [5.41, 5.74) is 4.91. The van der Waals surface area contributed by atoms with Crippen LogP contribution < -0.4 is 9.64 Å². The van der Waals surface area contributed by atoms with Crippen LogP contribution in [0.4, 0.5) is 5.69 Å². The van der Waals surface area contributed by atoms with Crippen LogP contribution in [0.15, 0.2) is 72.3 Å². The first kappa shape index (κ1) is 22.3. The van der Waals surface area contributed by atoms with Crippen molar-refractivity contribution in [2.24, 2.45) is 0 Å². The lowest BCUT2D eigenvalue weighted by Crippen LogP contribution is -2.30. The topological polar surface area (TPSA) is 66.8 Å². The van der Waals surface area contributed by atoms with Gasteiger partial charge in [-0.25, -0.2) is 0 Å². The molecule has 0 spiro atoms. The number of nitrogens with zero attached hydrogens (tertiary/aromatic N) is 1. The first-order valence-corrected chi connectivity index (χ1v) is 11.0. The van der Waals surface area contributed by atoms with Gasteiger partial charge in [-0.05, 0) is 60.7 Å². The Morgan fingerprint density at radius 1 is 0.970 bits per heavy atom. The van der Waals surface area contributed by atoms with Gasteiger partial charge in [0.15, 0.2) is 0 Å². The third-order valence-electron chi connectivity index (χ3n) is 6.14. The van der Waals surface area contributed by atoms with Gasteiger partial charge in [-0.3, -0.25) is 14.5 Å². The van der Waals surface area contributed by atoms with Crippen molar-refractivity contribution in [3.63, 3.8) is 0 Å². The normalized spacial score (nSPS) is 17.5. The van der Waals surface area contributed by atoms with E-state index >= 15 is 0 Å². The summed E-state index contributed by atoms with van der Waals surface area (Å²) in [7, 11) is 1.58. The van der Waals surface area contributed by atoms with E-state index in [1.165, 1.54) is 4.90 Å². The summed E-state index contributed by atoms with van der Waals surface area (Å²) < 4.78 is 5.28. The molecule has 1 N–H and O–H groups in total. The Morgan fingerprint density at radius 2 is 1.64 bits per heavy atom. The van der Waals surface area contributed by atoms with Gasteiger partial charge in [0.2, 0.25) is 0 Å². The number of carbonyl (C=O) groups excluding carboxylic acids is 2. The number of ketones is 1. The zero-order valence-corrected chi connectivity index (χ0v) is 19.3. The van der Waals surface area contributed by atoms with Gasteiger partial charge in [0.1, 0.15) is 11.5 Å². The van der Waals surface area contributed by atoms with Crippen LogP contribution >= 0.6 is 0 Å². The molecule has 3 aromatic rings. The Labute approximate surface area is 193 Å². The second-order valence-electron chi connectivity index (χ2n) is 8.28. The minimum absolute atomic E-state index is 0.0790. The van der Waals surface area contributed by atoms with Crippen molar-refractivity contribution < 1.29 is 19.4 Å². The van der Waals surface area contributed by atoms with Crippen LogP contribution in [0, 0.1) is 13.8 Å². The molecule has 0 radical (unpaired) electrons. The lowest BCUT2D eigenvalue weighted by Gasteiger charge is -2.27. The summed E-state index contributed by atoms with van der Waals surface area (Å²) in [6, 6.07) is 19.6. The highest BCUT2D eigenvalue weighted by Gasteiger charge is 2.47. The summed E-state index contributed by atoms with van der Waals surface area (Å²) in [4.78, 5) is 28.1. The number of hydrogen-bond acceptors (Lipinski definition) is 4. The lowest BCUT2D eigenvalue weighted by atomic mass is 9.94. The number of anilines is 1. The molecule has 1 atom stereocenters. The van der Waals surface area contributed by atoms with E-state index in [2.05, 4.69) is 0 Å². The minimum atomic E-state index is -0.762. The maximum absolute atomic E-state index is 13.3. The van der Waals surface area contributed by atoms with Gasteiger partial charge in [-0.1, -0.05) is 55.5 Å². The van der Waals surface area contributed by atoms with E-state index < -0.39 is 17.7 Å². The zero-order valence-electron chi connectivity index (χ0n) is 19.3. The smallest absolute Gasteiger partial charge is 0.300 e. The number of hydrogen-bond donors (Lipinski definition) is 1. The Balaban J connectivity index is 1.94. The number of methoxy groups -OCH3 is 1. The molecule has 1 heterocycles. The molecule has 1 aliphatic heterocycles. The van der Waals surface area contributed by atoms with Crippen LogP contribution in [0.5, 0.6) is 5.75 Å². The predicted octanol–water partition coefficient (Wildman–Crippen LogP) is 5.50. The van der Waals surface area contributed by atoms with Crippen molar-refractivity contribution in [3.8, 4) is 5.75 Å². The van der Waals surface area contributed by atoms with Crippen molar-refractivity contribution in [1.29, 1.82) is 0 Å². The first-order valence-electron chi connectivity index (χ1n) is 11.0.